The van der Waals surface area contributed by atoms with E-state index in [4.69, 9.17) is 27.9 Å². The van der Waals surface area contributed by atoms with E-state index in [1.807, 2.05) is 0 Å². The van der Waals surface area contributed by atoms with Crippen LogP contribution in [0.5, 0.6) is 0 Å². The van der Waals surface area contributed by atoms with Gasteiger partial charge in [0, 0.05) is 22.5 Å². The number of hydrogen-bond donors (Lipinski definition) is 1. The fourth-order valence-electron chi connectivity index (χ4n) is 3.97. The van der Waals surface area contributed by atoms with Gasteiger partial charge in [0.25, 0.3) is 0 Å². The van der Waals surface area contributed by atoms with Gasteiger partial charge in [-0.1, -0.05) is 41.4 Å². The summed E-state index contributed by atoms with van der Waals surface area (Å²) >= 11 is 15.5. The Morgan fingerprint density at radius 1 is 1.12 bits per heavy atom. The van der Waals surface area contributed by atoms with Gasteiger partial charge in [0.2, 0.25) is 0 Å². The van der Waals surface area contributed by atoms with Gasteiger partial charge >= 0.3 is 17.8 Å². The van der Waals surface area contributed by atoms with Crippen LogP contribution in [0.4, 0.5) is 13.2 Å². The van der Waals surface area contributed by atoms with E-state index >= 15 is 0 Å². The number of aliphatic hydroxyl groups is 1. The molecule has 0 unspecified atom stereocenters. The third-order valence-electron chi connectivity index (χ3n) is 5.75. The van der Waals surface area contributed by atoms with E-state index in [-0.39, 0.29) is 28.5 Å². The maximum atomic E-state index is 13.4. The third-order valence-corrected chi connectivity index (χ3v) is 7.04. The molecule has 15 heteroatoms. The van der Waals surface area contributed by atoms with Gasteiger partial charge in [0.1, 0.15) is 4.60 Å². The summed E-state index contributed by atoms with van der Waals surface area (Å²) in [5.74, 6) is -0.240. The van der Waals surface area contributed by atoms with Crippen molar-refractivity contribution in [3.63, 3.8) is 0 Å². The molecular weight excluding hydrogens is 642 g/mol. The Morgan fingerprint density at radius 2 is 1.80 bits per heavy atom. The van der Waals surface area contributed by atoms with E-state index in [0.717, 1.165) is 9.13 Å². The van der Waals surface area contributed by atoms with Crippen LogP contribution >= 0.6 is 39.1 Å². The predicted octanol–water partition coefficient (Wildman–Crippen LogP) is 5.56. The lowest BCUT2D eigenvalue weighted by Gasteiger charge is -2.16. The molecule has 0 fully saturated rings. The molecule has 9 nitrogen and oxygen atoms in total. The molecule has 4 aromatic rings. The van der Waals surface area contributed by atoms with Gasteiger partial charge in [0.15, 0.2) is 23.9 Å². The topological polar surface area (TPSA) is 104 Å². The Hall–Kier alpha value is -3.13. The number of aliphatic hydroxyl groups excluding tert-OH is 1. The Bertz CT molecular complexity index is 1600. The molecule has 2 atom stereocenters. The van der Waals surface area contributed by atoms with Gasteiger partial charge in [0.05, 0.1) is 24.5 Å². The van der Waals surface area contributed by atoms with Crippen LogP contribution < -0.4 is 5.69 Å². The van der Waals surface area contributed by atoms with Crippen LogP contribution in [0.3, 0.4) is 0 Å². The summed E-state index contributed by atoms with van der Waals surface area (Å²) in [4.78, 5) is 29.5. The van der Waals surface area contributed by atoms with Gasteiger partial charge in [-0.15, -0.1) is 5.10 Å². The standard InChI is InChI=1S/C25H21BrCl2F3N5O4/c1-13(40-14(2)37)23-32-20(33-36(23)18-5-3-4-17(28)10-18)12-35-22(26)21(15-6-8-16(27)9-7-15)34(24(35)39)11-19(38)25(29,30)31/h3-10,13,19,38H,11-12H2,1-2H3/t13-,19-/m0/s1. The molecular formula is C25H21BrCl2F3N5O4. The highest BCUT2D eigenvalue weighted by molar-refractivity contribution is 9.10. The van der Waals surface area contributed by atoms with Gasteiger partial charge in [-0.3, -0.25) is 13.9 Å². The van der Waals surface area contributed by atoms with Crippen molar-refractivity contribution in [3.05, 3.63) is 85.3 Å². The number of carbonyl (C=O) groups is 1. The lowest BCUT2D eigenvalue weighted by Crippen LogP contribution is -2.37. The zero-order valence-electron chi connectivity index (χ0n) is 20.9. The van der Waals surface area contributed by atoms with Crippen LogP contribution in [0.15, 0.2) is 57.9 Å². The number of aromatic nitrogens is 5. The summed E-state index contributed by atoms with van der Waals surface area (Å²) in [6, 6.07) is 12.8. The lowest BCUT2D eigenvalue weighted by molar-refractivity contribution is -0.207. The van der Waals surface area contributed by atoms with Gasteiger partial charge in [-0.25, -0.2) is 14.5 Å². The third kappa shape index (κ3) is 6.43. The number of imidazole rings is 1. The smallest absolute Gasteiger partial charge is 0.416 e. The zero-order valence-corrected chi connectivity index (χ0v) is 24.0. The van der Waals surface area contributed by atoms with Crippen molar-refractivity contribution in [1.82, 2.24) is 23.9 Å². The second-order valence-electron chi connectivity index (χ2n) is 8.71. The maximum absolute atomic E-state index is 13.4. The van der Waals surface area contributed by atoms with Crippen molar-refractivity contribution in [2.75, 3.05) is 0 Å². The first-order valence-corrected chi connectivity index (χ1v) is 13.2. The number of hydrogen-bond acceptors (Lipinski definition) is 6. The lowest BCUT2D eigenvalue weighted by atomic mass is 10.1. The molecule has 4 rings (SSSR count). The van der Waals surface area contributed by atoms with Crippen LogP contribution in [0.25, 0.3) is 16.9 Å². The van der Waals surface area contributed by atoms with Crippen molar-refractivity contribution in [3.8, 4) is 16.9 Å². The minimum Gasteiger partial charge on any atom is -0.455 e. The van der Waals surface area contributed by atoms with E-state index in [1.165, 1.54) is 35.9 Å². The van der Waals surface area contributed by atoms with Gasteiger partial charge in [-0.05, 0) is 53.2 Å². The van der Waals surface area contributed by atoms with Crippen molar-refractivity contribution in [2.45, 2.75) is 45.3 Å². The highest BCUT2D eigenvalue weighted by Crippen LogP contribution is 2.31. The summed E-state index contributed by atoms with van der Waals surface area (Å²) in [6.45, 7) is 1.50. The first kappa shape index (κ1) is 29.8. The van der Waals surface area contributed by atoms with Crippen LogP contribution in [-0.4, -0.2) is 47.3 Å². The number of carbonyl (C=O) groups excluding carboxylic acids is 1. The molecule has 0 aliphatic heterocycles. The van der Waals surface area contributed by atoms with Crippen LogP contribution in [0.1, 0.15) is 31.6 Å². The molecule has 212 valence electrons. The summed E-state index contributed by atoms with van der Waals surface area (Å²) in [5.41, 5.74) is 0.115. The van der Waals surface area contributed by atoms with Crippen molar-refractivity contribution < 1.29 is 27.8 Å². The average Bonchev–Trinajstić information content (AvgIpc) is 3.39. The first-order chi connectivity index (χ1) is 18.8. The molecule has 0 aliphatic rings. The largest absolute Gasteiger partial charge is 0.455 e. The molecule has 40 heavy (non-hydrogen) atoms. The fourth-order valence-corrected chi connectivity index (χ4v) is 5.00. The molecule has 1 N–H and O–H groups in total. The molecule has 0 saturated heterocycles. The summed E-state index contributed by atoms with van der Waals surface area (Å²) < 4.78 is 48.5. The molecule has 0 radical (unpaired) electrons. The Labute approximate surface area is 243 Å². The maximum Gasteiger partial charge on any atom is 0.416 e. The SMILES string of the molecule is CC(=O)O[C@@H](C)c1nc(Cn2c(Br)c(-c3ccc(Cl)cc3)n(C[C@H](O)C(F)(F)F)c2=O)nn1-c1cccc(Cl)c1. The molecule has 0 spiro atoms. The van der Waals surface area contributed by atoms with E-state index < -0.39 is 36.6 Å². The van der Waals surface area contributed by atoms with Gasteiger partial charge in [-0.2, -0.15) is 13.2 Å². The zero-order chi connectivity index (χ0) is 29.4. The number of alkyl halides is 3. The summed E-state index contributed by atoms with van der Waals surface area (Å²) in [6.07, 6.45) is -8.59. The summed E-state index contributed by atoms with van der Waals surface area (Å²) in [5, 5.41) is 15.0. The number of benzene rings is 2. The predicted molar refractivity (Wildman–Crippen MR) is 145 cm³/mol. The van der Waals surface area contributed by atoms with Crippen molar-refractivity contribution in [2.24, 2.45) is 0 Å². The first-order valence-electron chi connectivity index (χ1n) is 11.6. The average molecular weight is 663 g/mol. The number of ether oxygens (including phenoxy) is 1. The number of rotatable bonds is 8. The second-order valence-corrected chi connectivity index (χ2v) is 10.3. The van der Waals surface area contributed by atoms with E-state index in [1.54, 1.807) is 31.2 Å². The molecule has 2 aromatic heterocycles. The monoisotopic (exact) mass is 661 g/mol. The number of esters is 1. The quantitative estimate of drug-likeness (QED) is 0.248. The molecule has 2 aromatic carbocycles. The summed E-state index contributed by atoms with van der Waals surface area (Å²) in [7, 11) is 0. The molecule has 2 heterocycles. The highest BCUT2D eigenvalue weighted by atomic mass is 79.9. The van der Waals surface area contributed by atoms with Crippen molar-refractivity contribution in [1.29, 1.82) is 0 Å². The Balaban J connectivity index is 1.83. The van der Waals surface area contributed by atoms with E-state index in [9.17, 15) is 27.9 Å². The van der Waals surface area contributed by atoms with Crippen LogP contribution in [0.2, 0.25) is 10.0 Å². The fraction of sp³-hybridized carbons (Fsp3) is 0.280. The van der Waals surface area contributed by atoms with Gasteiger partial charge < -0.3 is 9.84 Å². The van der Waals surface area contributed by atoms with Crippen LogP contribution in [0, 0.1) is 0 Å². The minimum atomic E-state index is -4.95. The highest BCUT2D eigenvalue weighted by Gasteiger charge is 2.39. The molecule has 0 saturated carbocycles. The second kappa shape index (κ2) is 11.8. The Kier molecular flexibility index (Phi) is 8.78. The number of nitrogens with zero attached hydrogens (tertiary/aromatic N) is 5. The normalized spacial score (nSPS) is 13.3. The minimum absolute atomic E-state index is 0.0905. The molecule has 0 aliphatic carbocycles. The van der Waals surface area contributed by atoms with Crippen molar-refractivity contribution >= 4 is 45.1 Å². The van der Waals surface area contributed by atoms with Crippen LogP contribution in [-0.2, 0) is 22.6 Å². The number of halogens is 6. The Morgan fingerprint density at radius 3 is 2.40 bits per heavy atom. The van der Waals surface area contributed by atoms with E-state index in [2.05, 4.69) is 26.0 Å². The molecule has 0 bridgehead atoms. The van der Waals surface area contributed by atoms with E-state index in [0.29, 0.717) is 21.3 Å². The molecule has 0 amide bonds.